The zero-order chi connectivity index (χ0) is 17.3. The van der Waals surface area contributed by atoms with Crippen LogP contribution in [0.4, 0.5) is 0 Å². The molecule has 4 aliphatic rings. The third kappa shape index (κ3) is 2.06. The van der Waals surface area contributed by atoms with Crippen LogP contribution in [-0.4, -0.2) is 29.3 Å². The van der Waals surface area contributed by atoms with E-state index in [0.717, 1.165) is 12.0 Å². The highest BCUT2D eigenvalue weighted by molar-refractivity contribution is 5.77. The Morgan fingerprint density at radius 1 is 1.16 bits per heavy atom. The number of carbonyl (C=O) groups is 2. The topological polar surface area (TPSA) is 86.0 Å². The van der Waals surface area contributed by atoms with Crippen molar-refractivity contribution in [3.63, 3.8) is 0 Å². The highest BCUT2D eigenvalue weighted by Gasteiger charge is 2.64. The first-order valence-electron chi connectivity index (χ1n) is 9.08. The summed E-state index contributed by atoms with van der Waals surface area (Å²) in [6.45, 7) is 2.13. The quantitative estimate of drug-likeness (QED) is 0.785. The molecule has 134 valence electrons. The monoisotopic (exact) mass is 346 g/mol. The first kappa shape index (κ1) is 15.4. The Balaban J connectivity index is 1.54. The van der Waals surface area contributed by atoms with Crippen molar-refractivity contribution in [2.45, 2.75) is 50.9 Å². The molecule has 2 saturated carbocycles. The number of cyclic esters (lactones) is 1. The lowest BCUT2D eigenvalue weighted by atomic mass is 9.48. The summed E-state index contributed by atoms with van der Waals surface area (Å²) in [6, 6.07) is 1.83. The number of esters is 2. The maximum Gasteiger partial charge on any atom is 0.310 e. The van der Waals surface area contributed by atoms with Crippen LogP contribution in [0.3, 0.4) is 0 Å². The Hall–Kier alpha value is -1.82. The third-order valence-corrected chi connectivity index (χ3v) is 7.20. The molecular weight excluding hydrogens is 324 g/mol. The van der Waals surface area contributed by atoms with Gasteiger partial charge in [-0.05, 0) is 43.1 Å². The summed E-state index contributed by atoms with van der Waals surface area (Å²) in [6.07, 6.45) is 4.61. The zero-order valence-electron chi connectivity index (χ0n) is 14.1. The van der Waals surface area contributed by atoms with Crippen LogP contribution < -0.4 is 0 Å². The summed E-state index contributed by atoms with van der Waals surface area (Å²) in [5.41, 5.74) is 0.549. The minimum atomic E-state index is -0.655. The van der Waals surface area contributed by atoms with Crippen LogP contribution in [0.1, 0.15) is 44.3 Å². The predicted molar refractivity (Wildman–Crippen MR) is 84.0 cm³/mol. The second-order valence-corrected chi connectivity index (χ2v) is 8.37. The van der Waals surface area contributed by atoms with Crippen molar-refractivity contribution in [1.29, 1.82) is 0 Å². The zero-order valence-corrected chi connectivity index (χ0v) is 14.1. The number of hydrogen-bond acceptors (Lipinski definition) is 6. The molecule has 8 atom stereocenters. The number of furan rings is 1. The molecule has 4 fully saturated rings. The van der Waals surface area contributed by atoms with Crippen molar-refractivity contribution >= 4 is 11.9 Å². The van der Waals surface area contributed by atoms with Gasteiger partial charge in [0.15, 0.2) is 0 Å². The molecule has 6 nitrogen and oxygen atoms in total. The van der Waals surface area contributed by atoms with Gasteiger partial charge < -0.3 is 19.0 Å². The van der Waals surface area contributed by atoms with E-state index in [0.29, 0.717) is 19.3 Å². The van der Waals surface area contributed by atoms with Gasteiger partial charge in [-0.25, -0.2) is 0 Å². The predicted octanol–water partition coefficient (Wildman–Crippen LogP) is 2.22. The highest BCUT2D eigenvalue weighted by atomic mass is 16.6. The number of carbonyl (C=O) groups excluding carboxylic acids is 2. The van der Waals surface area contributed by atoms with E-state index in [4.69, 9.17) is 13.9 Å². The van der Waals surface area contributed by atoms with Crippen molar-refractivity contribution in [2.24, 2.45) is 29.1 Å². The second-order valence-electron chi connectivity index (χ2n) is 8.37. The normalized spacial score (nSPS) is 48.3. The molecule has 2 aliphatic carbocycles. The number of hydrogen-bond donors (Lipinski definition) is 1. The Kier molecular flexibility index (Phi) is 3.15. The molecule has 1 aromatic rings. The smallest absolute Gasteiger partial charge is 0.310 e. The fourth-order valence-corrected chi connectivity index (χ4v) is 6.00. The van der Waals surface area contributed by atoms with Crippen molar-refractivity contribution in [2.75, 3.05) is 0 Å². The molecule has 6 heteroatoms. The molecule has 25 heavy (non-hydrogen) atoms. The molecule has 0 amide bonds. The Morgan fingerprint density at radius 2 is 2.00 bits per heavy atom. The average molecular weight is 346 g/mol. The summed E-state index contributed by atoms with van der Waals surface area (Å²) in [5.74, 6) is -1.03. The van der Waals surface area contributed by atoms with Crippen LogP contribution in [0.15, 0.2) is 23.0 Å². The number of aliphatic hydroxyl groups is 1. The number of ether oxygens (including phenoxy) is 2. The van der Waals surface area contributed by atoms with Gasteiger partial charge in [0.1, 0.15) is 12.2 Å². The molecular formula is C19H22O6. The molecule has 5 rings (SSSR count). The number of aliphatic hydroxyl groups excluding tert-OH is 1. The summed E-state index contributed by atoms with van der Waals surface area (Å²) in [7, 11) is 0. The summed E-state index contributed by atoms with van der Waals surface area (Å²) < 4.78 is 16.3. The van der Waals surface area contributed by atoms with Crippen LogP contribution in [-0.2, 0) is 19.1 Å². The van der Waals surface area contributed by atoms with E-state index in [9.17, 15) is 14.7 Å². The van der Waals surface area contributed by atoms with Gasteiger partial charge in [0.05, 0.1) is 30.5 Å². The highest BCUT2D eigenvalue weighted by Crippen LogP contribution is 2.62. The van der Waals surface area contributed by atoms with Gasteiger partial charge in [-0.2, -0.15) is 0 Å². The first-order chi connectivity index (χ1) is 12.0. The lowest BCUT2D eigenvalue weighted by Crippen LogP contribution is -2.58. The molecule has 0 unspecified atom stereocenters. The SMILES string of the molecule is C[C@@]12C[C@@H](c3ccoc3)OC(=O)[C@H]1C[C@H](O)[C@H]1[C@H]2C[C@@H]2C[C@H]1C(=O)O2. The molecule has 1 aromatic heterocycles. The van der Waals surface area contributed by atoms with E-state index in [1.54, 1.807) is 12.5 Å². The minimum absolute atomic E-state index is 0.0770. The second kappa shape index (κ2) is 5.10. The summed E-state index contributed by atoms with van der Waals surface area (Å²) >= 11 is 0. The van der Waals surface area contributed by atoms with Crippen LogP contribution in [0.25, 0.3) is 0 Å². The van der Waals surface area contributed by atoms with Crippen LogP contribution in [0.2, 0.25) is 0 Å². The van der Waals surface area contributed by atoms with E-state index in [1.807, 2.05) is 6.07 Å². The van der Waals surface area contributed by atoms with Gasteiger partial charge in [0.2, 0.25) is 0 Å². The molecule has 1 N–H and O–H groups in total. The summed E-state index contributed by atoms with van der Waals surface area (Å²) in [5, 5.41) is 10.7. The van der Waals surface area contributed by atoms with Crippen LogP contribution in [0.5, 0.6) is 0 Å². The van der Waals surface area contributed by atoms with Gasteiger partial charge >= 0.3 is 11.9 Å². The maximum atomic E-state index is 12.7. The summed E-state index contributed by atoms with van der Waals surface area (Å²) in [4.78, 5) is 24.9. The first-order valence-corrected chi connectivity index (χ1v) is 9.08. The molecule has 2 bridgehead atoms. The molecule has 0 aromatic carbocycles. The number of fused-ring (bicyclic) bond motifs is 6. The van der Waals surface area contributed by atoms with E-state index in [2.05, 4.69) is 6.92 Å². The van der Waals surface area contributed by atoms with Gasteiger partial charge in [-0.1, -0.05) is 6.92 Å². The lowest BCUT2D eigenvalue weighted by Gasteiger charge is -2.57. The fraction of sp³-hybridized carbons (Fsp3) is 0.684. The van der Waals surface area contributed by atoms with E-state index < -0.39 is 6.10 Å². The van der Waals surface area contributed by atoms with Gasteiger partial charge in [0, 0.05) is 11.5 Å². The van der Waals surface area contributed by atoms with Crippen molar-refractivity contribution in [1.82, 2.24) is 0 Å². The Labute approximate surface area is 145 Å². The maximum absolute atomic E-state index is 12.7. The Bertz CT molecular complexity index is 712. The van der Waals surface area contributed by atoms with E-state index in [1.165, 1.54) is 0 Å². The van der Waals surface area contributed by atoms with Gasteiger partial charge in [-0.3, -0.25) is 9.59 Å². The number of rotatable bonds is 1. The van der Waals surface area contributed by atoms with Crippen LogP contribution in [0, 0.1) is 29.1 Å². The average Bonchev–Trinajstić information content (AvgIpc) is 3.19. The van der Waals surface area contributed by atoms with Gasteiger partial charge in [0.25, 0.3) is 0 Å². The molecule has 2 saturated heterocycles. The van der Waals surface area contributed by atoms with E-state index in [-0.39, 0.29) is 53.2 Å². The standard InChI is InChI=1S/C19H22O6/c1-19-7-15(9-2-3-23-8-9)25-18(22)13(19)6-14(20)16-11-4-10(5-12(16)19)24-17(11)21/h2-3,8,10-16,20H,4-7H2,1H3/t10-,11+,12+,13+,14-,15-,16+,19-/m0/s1. The van der Waals surface area contributed by atoms with Gasteiger partial charge in [-0.15, -0.1) is 0 Å². The fourth-order valence-electron chi connectivity index (χ4n) is 6.00. The third-order valence-electron chi connectivity index (χ3n) is 7.20. The van der Waals surface area contributed by atoms with Crippen molar-refractivity contribution in [3.05, 3.63) is 24.2 Å². The molecule has 2 aliphatic heterocycles. The largest absolute Gasteiger partial charge is 0.472 e. The van der Waals surface area contributed by atoms with Crippen LogP contribution >= 0.6 is 0 Å². The lowest BCUT2D eigenvalue weighted by molar-refractivity contribution is -0.201. The molecule has 0 radical (unpaired) electrons. The van der Waals surface area contributed by atoms with Crippen molar-refractivity contribution < 1.29 is 28.6 Å². The molecule has 3 heterocycles. The molecule has 0 spiro atoms. The van der Waals surface area contributed by atoms with E-state index >= 15 is 0 Å². The Morgan fingerprint density at radius 3 is 2.76 bits per heavy atom. The minimum Gasteiger partial charge on any atom is -0.472 e. The van der Waals surface area contributed by atoms with Crippen molar-refractivity contribution in [3.8, 4) is 0 Å².